The summed E-state index contributed by atoms with van der Waals surface area (Å²) in [4.78, 5) is 30.0. The normalized spacial score (nSPS) is 30.3. The number of aromatic nitrogens is 9. The highest BCUT2D eigenvalue weighted by Gasteiger charge is 2.61. The Kier molecular flexibility index (Phi) is 7.56. The van der Waals surface area contributed by atoms with Gasteiger partial charge in [0, 0.05) is 0 Å². The smallest absolute Gasteiger partial charge is 0.386 e. The molecule has 2 aliphatic heterocycles. The molecule has 43 heavy (non-hydrogen) atoms. The van der Waals surface area contributed by atoms with Crippen LogP contribution in [0.3, 0.4) is 0 Å². The van der Waals surface area contributed by atoms with Gasteiger partial charge < -0.3 is 26.4 Å². The molecule has 4 aromatic heterocycles. The van der Waals surface area contributed by atoms with Gasteiger partial charge in [0.25, 0.3) is 5.56 Å². The second kappa shape index (κ2) is 10.8. The molecule has 6 heterocycles. The molecule has 0 radical (unpaired) electrons. The molecule has 8 atom stereocenters. The lowest BCUT2D eigenvalue weighted by molar-refractivity contribution is -0.142. The Hall–Kier alpha value is -3.05. The second-order valence-corrected chi connectivity index (χ2v) is 13.6. The van der Waals surface area contributed by atoms with Crippen molar-refractivity contribution in [3.8, 4) is 0 Å². The van der Waals surface area contributed by atoms with E-state index in [0.29, 0.717) is 4.68 Å². The van der Waals surface area contributed by atoms with Gasteiger partial charge in [0.05, 0.1) is 24.8 Å². The zero-order valence-electron chi connectivity index (χ0n) is 21.2. The molecule has 2 aliphatic rings. The zero-order valence-corrected chi connectivity index (χ0v) is 23.8. The number of imidazole rings is 1. The maximum absolute atomic E-state index is 15.4. The Morgan fingerprint density at radius 2 is 2.02 bits per heavy atom. The minimum Gasteiger partial charge on any atom is -0.395 e. The van der Waals surface area contributed by atoms with E-state index in [4.69, 9.17) is 25.3 Å². The number of hydrogen-bond acceptors (Lipinski definition) is 16. The quantitative estimate of drug-likeness (QED) is 0.105. The van der Waals surface area contributed by atoms with E-state index in [-0.39, 0.29) is 34.1 Å². The van der Waals surface area contributed by atoms with E-state index in [1.54, 1.807) is 0 Å². The van der Waals surface area contributed by atoms with E-state index >= 15 is 13.2 Å². The SMILES string of the molecule is Nc1nc2c(ncn2[C@@H]2S[C@H](CO)[C@@H](F)[C@H]2OP(=O)(S)OC[C@H]2O[C@@H](n3nnc4c(N)ncnc43)C(F)(F)[C@@H]2O)c(=O)[nH]1. The molecule has 7 N–H and O–H groups in total. The van der Waals surface area contributed by atoms with E-state index < -0.39 is 72.8 Å². The van der Waals surface area contributed by atoms with Crippen LogP contribution in [0, 0.1) is 0 Å². The first kappa shape index (κ1) is 30.0. The van der Waals surface area contributed by atoms with Crippen LogP contribution in [0.1, 0.15) is 11.6 Å². The highest BCUT2D eigenvalue weighted by atomic mass is 32.7. The number of nitrogens with two attached hydrogens (primary N) is 2. The van der Waals surface area contributed by atoms with E-state index in [1.807, 2.05) is 0 Å². The van der Waals surface area contributed by atoms with Crippen molar-refractivity contribution in [2.75, 3.05) is 24.7 Å². The molecule has 0 aliphatic carbocycles. The third-order valence-electron chi connectivity index (χ3n) is 6.72. The van der Waals surface area contributed by atoms with Gasteiger partial charge in [-0.2, -0.15) is 18.4 Å². The summed E-state index contributed by atoms with van der Waals surface area (Å²) >= 11 is 4.73. The van der Waals surface area contributed by atoms with Gasteiger partial charge in [0.2, 0.25) is 12.2 Å². The lowest BCUT2D eigenvalue weighted by atomic mass is 10.1. The summed E-state index contributed by atoms with van der Waals surface area (Å²) in [6.45, 7) is -6.16. The van der Waals surface area contributed by atoms with Crippen molar-refractivity contribution in [1.82, 2.24) is 44.5 Å². The molecule has 2 saturated heterocycles. The number of hydrogen-bond donors (Lipinski definition) is 6. The highest BCUT2D eigenvalue weighted by Crippen LogP contribution is 2.59. The molecule has 0 amide bonds. The summed E-state index contributed by atoms with van der Waals surface area (Å²) in [5, 5.41) is 25.1. The number of anilines is 2. The Balaban J connectivity index is 1.21. The van der Waals surface area contributed by atoms with Gasteiger partial charge in [-0.25, -0.2) is 23.9 Å². The number of nitrogens with zero attached hydrogens (tertiary/aromatic N) is 8. The number of halogens is 3. The first-order valence-electron chi connectivity index (χ1n) is 12.1. The van der Waals surface area contributed by atoms with Crippen LogP contribution in [-0.2, 0) is 18.3 Å². The third kappa shape index (κ3) is 5.12. The minimum absolute atomic E-state index is 0.0449. The molecule has 1 unspecified atom stereocenters. The van der Waals surface area contributed by atoms with Crippen molar-refractivity contribution in [2.45, 2.75) is 47.3 Å². The van der Waals surface area contributed by atoms with Gasteiger partial charge in [-0.15, -0.1) is 16.9 Å². The van der Waals surface area contributed by atoms with Crippen LogP contribution in [0.25, 0.3) is 22.3 Å². The Morgan fingerprint density at radius 3 is 2.77 bits per heavy atom. The minimum atomic E-state index is -4.58. The summed E-state index contributed by atoms with van der Waals surface area (Å²) in [5.74, 6) is -4.34. The molecule has 0 saturated carbocycles. The molecule has 232 valence electrons. The van der Waals surface area contributed by atoms with Crippen LogP contribution >= 0.6 is 30.8 Å². The molecule has 6 rings (SSSR count). The number of aliphatic hydroxyl groups excluding tert-OH is 2. The van der Waals surface area contributed by atoms with Crippen molar-refractivity contribution < 1.29 is 41.7 Å². The summed E-state index contributed by atoms with van der Waals surface area (Å²) < 4.78 is 76.5. The third-order valence-corrected chi connectivity index (χ3v) is 9.86. The number of H-pyrrole nitrogens is 1. The molecule has 2 fully saturated rings. The zero-order chi connectivity index (χ0) is 30.8. The van der Waals surface area contributed by atoms with Gasteiger partial charge >= 0.3 is 12.7 Å². The predicted molar refractivity (Wildman–Crippen MR) is 145 cm³/mol. The number of nitrogen functional groups attached to an aromatic ring is 2. The summed E-state index contributed by atoms with van der Waals surface area (Å²) in [6.07, 6.45) is -7.91. The van der Waals surface area contributed by atoms with Crippen molar-refractivity contribution >= 4 is 64.9 Å². The van der Waals surface area contributed by atoms with Crippen LogP contribution < -0.4 is 17.0 Å². The lowest BCUT2D eigenvalue weighted by Gasteiger charge is -2.25. The van der Waals surface area contributed by atoms with Crippen molar-refractivity contribution in [3.05, 3.63) is 23.0 Å². The average molecular weight is 668 g/mol. The van der Waals surface area contributed by atoms with Crippen LogP contribution in [0.2, 0.25) is 0 Å². The van der Waals surface area contributed by atoms with Crippen molar-refractivity contribution in [1.29, 1.82) is 0 Å². The van der Waals surface area contributed by atoms with Gasteiger partial charge in [0.1, 0.15) is 30.1 Å². The lowest BCUT2D eigenvalue weighted by Crippen LogP contribution is -2.40. The number of alkyl halides is 3. The van der Waals surface area contributed by atoms with Crippen LogP contribution in [0.4, 0.5) is 24.9 Å². The van der Waals surface area contributed by atoms with Gasteiger partial charge in [-0.05, 0) is 0 Å². The molecular weight excluding hydrogens is 646 g/mol. The number of fused-ring (bicyclic) bond motifs is 2. The van der Waals surface area contributed by atoms with Crippen LogP contribution in [-0.4, -0.2) is 104 Å². The van der Waals surface area contributed by atoms with Crippen molar-refractivity contribution in [3.63, 3.8) is 0 Å². The standard InChI is InChI=1S/C19H21F3N11O7PS2/c20-7-6(1-34)43-16(32-4-27-9-14(32)28-18(24)29-15(9)36)10(7)40-41(37,42)38-2-5-11(35)19(21,22)17(39-5)33-13-8(30-31-33)12(23)25-3-26-13/h3-7,10-11,16-17,34-35H,1-2H2,(H,37,42)(H2,23,25,26)(H3,24,28,29,36)/t5-,6-,7-,10-,11-,16-,17-,41?/m1/s1. The first-order valence-corrected chi connectivity index (χ1v) is 15.8. The monoisotopic (exact) mass is 667 g/mol. The summed E-state index contributed by atoms with van der Waals surface area (Å²) in [6, 6.07) is 0. The van der Waals surface area contributed by atoms with Crippen LogP contribution in [0.5, 0.6) is 0 Å². The topological polar surface area (TPSA) is 257 Å². The number of ether oxygens (including phenoxy) is 1. The molecule has 18 nitrogen and oxygen atoms in total. The maximum atomic E-state index is 15.4. The van der Waals surface area contributed by atoms with Gasteiger partial charge in [0.15, 0.2) is 34.2 Å². The second-order valence-electron chi connectivity index (χ2n) is 9.41. The number of nitrogens with one attached hydrogen (secondary N) is 1. The van der Waals surface area contributed by atoms with E-state index in [1.165, 1.54) is 4.57 Å². The summed E-state index contributed by atoms with van der Waals surface area (Å²) in [7, 11) is 0. The van der Waals surface area contributed by atoms with Crippen molar-refractivity contribution in [2.24, 2.45) is 0 Å². The molecular formula is C19H21F3N11O7PS2. The predicted octanol–water partition coefficient (Wildman–Crippen LogP) is -0.203. The molecule has 4 aromatic rings. The molecule has 0 spiro atoms. The summed E-state index contributed by atoms with van der Waals surface area (Å²) in [5.41, 5.74) is 10.2. The number of thiol groups is 1. The number of aromatic amines is 1. The Labute approximate surface area is 246 Å². The molecule has 24 heteroatoms. The Bertz CT molecular complexity index is 1800. The maximum Gasteiger partial charge on any atom is 0.386 e. The van der Waals surface area contributed by atoms with Gasteiger partial charge in [-0.1, -0.05) is 17.5 Å². The fourth-order valence-electron chi connectivity index (χ4n) is 4.67. The van der Waals surface area contributed by atoms with E-state index in [0.717, 1.165) is 24.4 Å². The highest BCUT2D eigenvalue weighted by molar-refractivity contribution is 8.44. The largest absolute Gasteiger partial charge is 0.395 e. The molecule has 0 aromatic carbocycles. The number of rotatable bonds is 8. The fraction of sp³-hybridized carbons (Fsp3) is 0.526. The van der Waals surface area contributed by atoms with Crippen LogP contribution in [0.15, 0.2) is 17.4 Å². The van der Waals surface area contributed by atoms with E-state index in [9.17, 15) is 19.6 Å². The first-order chi connectivity index (χ1) is 20.3. The van der Waals surface area contributed by atoms with E-state index in [2.05, 4.69) is 47.5 Å². The van der Waals surface area contributed by atoms with Gasteiger partial charge in [-0.3, -0.25) is 23.4 Å². The molecule has 0 bridgehead atoms. The number of aliphatic hydroxyl groups is 2. The number of thioether (sulfide) groups is 1. The fourth-order valence-corrected chi connectivity index (χ4v) is 7.61. The Morgan fingerprint density at radius 1 is 1.26 bits per heavy atom. The average Bonchev–Trinajstić information content (AvgIpc) is 3.68.